The van der Waals surface area contributed by atoms with E-state index in [0.717, 1.165) is 60.2 Å². The summed E-state index contributed by atoms with van der Waals surface area (Å²) in [5.41, 5.74) is 6.78. The van der Waals surface area contributed by atoms with E-state index in [0.29, 0.717) is 5.56 Å². The number of rotatable bonds is 7. The monoisotopic (exact) mass is 344 g/mol. The van der Waals surface area contributed by atoms with Crippen molar-refractivity contribution in [3.05, 3.63) is 71.5 Å². The molecule has 0 saturated heterocycles. The predicted molar refractivity (Wildman–Crippen MR) is 106 cm³/mol. The minimum absolute atomic E-state index is 0.665. The van der Waals surface area contributed by atoms with E-state index in [1.165, 1.54) is 5.56 Å². The van der Waals surface area contributed by atoms with Crippen molar-refractivity contribution in [2.45, 2.75) is 39.5 Å². The zero-order valence-corrected chi connectivity index (χ0v) is 15.4. The Balaban J connectivity index is 2.07. The highest BCUT2D eigenvalue weighted by Gasteiger charge is 2.12. The van der Waals surface area contributed by atoms with Crippen LogP contribution in [0.4, 0.5) is 0 Å². The second-order valence-corrected chi connectivity index (χ2v) is 6.45. The van der Waals surface area contributed by atoms with E-state index in [2.05, 4.69) is 38.1 Å². The Morgan fingerprint density at radius 3 is 2.15 bits per heavy atom. The molecule has 26 heavy (non-hydrogen) atoms. The summed E-state index contributed by atoms with van der Waals surface area (Å²) < 4.78 is 0. The molecule has 0 radical (unpaired) electrons. The first-order valence-corrected chi connectivity index (χ1v) is 9.26. The molecule has 0 spiro atoms. The molecule has 3 nitrogen and oxygen atoms in total. The third kappa shape index (κ3) is 4.05. The van der Waals surface area contributed by atoms with Gasteiger partial charge in [-0.25, -0.2) is 4.98 Å². The van der Waals surface area contributed by atoms with Gasteiger partial charge in [-0.1, -0.05) is 68.8 Å². The zero-order chi connectivity index (χ0) is 18.4. The minimum atomic E-state index is 0.665. The number of hydrogen-bond donors (Lipinski definition) is 0. The molecular formula is C23H24N2O. The van der Waals surface area contributed by atoms with Crippen LogP contribution < -0.4 is 0 Å². The van der Waals surface area contributed by atoms with Gasteiger partial charge in [-0.3, -0.25) is 9.78 Å². The van der Waals surface area contributed by atoms with Gasteiger partial charge in [-0.2, -0.15) is 0 Å². The summed E-state index contributed by atoms with van der Waals surface area (Å²) in [5.74, 6) is 0. The second kappa shape index (κ2) is 8.52. The smallest absolute Gasteiger partial charge is 0.150 e. The van der Waals surface area contributed by atoms with Crippen LogP contribution in [0.5, 0.6) is 0 Å². The second-order valence-electron chi connectivity index (χ2n) is 6.45. The van der Waals surface area contributed by atoms with Crippen molar-refractivity contribution in [2.24, 2.45) is 0 Å². The fourth-order valence-electron chi connectivity index (χ4n) is 2.93. The standard InChI is InChI=1S/C23H24N2O/c1-3-5-6-21-15-24-22(19-11-7-17(4-2)8-12-19)23(25-21)20-13-9-18(16-26)10-14-20/h7-16H,3-6H2,1-2H3. The Labute approximate surface area is 155 Å². The van der Waals surface area contributed by atoms with Crippen LogP contribution in [0.2, 0.25) is 0 Å². The van der Waals surface area contributed by atoms with Crippen molar-refractivity contribution in [1.82, 2.24) is 9.97 Å². The largest absolute Gasteiger partial charge is 0.298 e. The lowest BCUT2D eigenvalue weighted by atomic mass is 10.0. The fourth-order valence-corrected chi connectivity index (χ4v) is 2.93. The third-order valence-corrected chi connectivity index (χ3v) is 4.56. The SMILES string of the molecule is CCCCc1cnc(-c2ccc(CC)cc2)c(-c2ccc(C=O)cc2)n1. The van der Waals surface area contributed by atoms with Crippen LogP contribution in [0, 0.1) is 0 Å². The maximum absolute atomic E-state index is 10.9. The molecule has 132 valence electrons. The van der Waals surface area contributed by atoms with Gasteiger partial charge in [0.1, 0.15) is 6.29 Å². The third-order valence-electron chi connectivity index (χ3n) is 4.56. The fraction of sp³-hybridized carbons (Fsp3) is 0.261. The van der Waals surface area contributed by atoms with E-state index < -0.39 is 0 Å². The minimum Gasteiger partial charge on any atom is -0.298 e. The highest BCUT2D eigenvalue weighted by molar-refractivity contribution is 5.80. The van der Waals surface area contributed by atoms with Gasteiger partial charge in [0, 0.05) is 22.9 Å². The topological polar surface area (TPSA) is 42.9 Å². The number of aromatic nitrogens is 2. The number of nitrogens with zero attached hydrogens (tertiary/aromatic N) is 2. The molecule has 1 aromatic heterocycles. The molecule has 2 aromatic carbocycles. The Morgan fingerprint density at radius 1 is 0.885 bits per heavy atom. The van der Waals surface area contributed by atoms with Crippen LogP contribution in [0.25, 0.3) is 22.5 Å². The normalized spacial score (nSPS) is 10.7. The molecule has 0 saturated carbocycles. The van der Waals surface area contributed by atoms with E-state index in [1.807, 2.05) is 30.5 Å². The Morgan fingerprint density at radius 2 is 1.54 bits per heavy atom. The molecule has 0 aliphatic rings. The summed E-state index contributed by atoms with van der Waals surface area (Å²) in [7, 11) is 0. The van der Waals surface area contributed by atoms with E-state index in [-0.39, 0.29) is 0 Å². The highest BCUT2D eigenvalue weighted by Crippen LogP contribution is 2.29. The van der Waals surface area contributed by atoms with Gasteiger partial charge in [0.2, 0.25) is 0 Å². The molecule has 3 heteroatoms. The summed E-state index contributed by atoms with van der Waals surface area (Å²) in [6, 6.07) is 16.0. The van der Waals surface area contributed by atoms with Gasteiger partial charge < -0.3 is 0 Å². The molecule has 0 atom stereocenters. The van der Waals surface area contributed by atoms with Crippen molar-refractivity contribution in [3.63, 3.8) is 0 Å². The van der Waals surface area contributed by atoms with Gasteiger partial charge in [0.25, 0.3) is 0 Å². The maximum Gasteiger partial charge on any atom is 0.150 e. The zero-order valence-electron chi connectivity index (χ0n) is 15.4. The highest BCUT2D eigenvalue weighted by atomic mass is 16.1. The molecule has 0 bridgehead atoms. The van der Waals surface area contributed by atoms with Gasteiger partial charge in [0.05, 0.1) is 17.1 Å². The number of hydrogen-bond acceptors (Lipinski definition) is 3. The van der Waals surface area contributed by atoms with Crippen LogP contribution in [0.15, 0.2) is 54.7 Å². The van der Waals surface area contributed by atoms with Crippen molar-refractivity contribution in [2.75, 3.05) is 0 Å². The molecule has 0 amide bonds. The summed E-state index contributed by atoms with van der Waals surface area (Å²) in [6.07, 6.45) is 6.92. The lowest BCUT2D eigenvalue weighted by molar-refractivity contribution is 0.112. The van der Waals surface area contributed by atoms with Gasteiger partial charge in [-0.05, 0) is 24.8 Å². The number of carbonyl (C=O) groups is 1. The van der Waals surface area contributed by atoms with Crippen molar-refractivity contribution >= 4 is 6.29 Å². The average Bonchev–Trinajstić information content (AvgIpc) is 2.72. The number of aldehydes is 1. The first-order chi connectivity index (χ1) is 12.7. The van der Waals surface area contributed by atoms with Crippen LogP contribution in [-0.4, -0.2) is 16.3 Å². The lowest BCUT2D eigenvalue weighted by Gasteiger charge is -2.11. The molecular weight excluding hydrogens is 320 g/mol. The molecule has 0 fully saturated rings. The molecule has 0 aliphatic heterocycles. The van der Waals surface area contributed by atoms with Gasteiger partial charge in [0.15, 0.2) is 0 Å². The van der Waals surface area contributed by atoms with Crippen LogP contribution in [0.3, 0.4) is 0 Å². The quantitative estimate of drug-likeness (QED) is 0.529. The number of aryl methyl sites for hydroxylation is 2. The van der Waals surface area contributed by atoms with Crippen LogP contribution in [-0.2, 0) is 12.8 Å². The molecule has 3 aromatic rings. The van der Waals surface area contributed by atoms with Crippen molar-refractivity contribution in [3.8, 4) is 22.5 Å². The molecule has 3 rings (SSSR count). The maximum atomic E-state index is 10.9. The Kier molecular flexibility index (Phi) is 5.90. The lowest BCUT2D eigenvalue weighted by Crippen LogP contribution is -1.99. The van der Waals surface area contributed by atoms with Crippen molar-refractivity contribution < 1.29 is 4.79 Å². The average molecular weight is 344 g/mol. The van der Waals surface area contributed by atoms with Gasteiger partial charge in [-0.15, -0.1) is 0 Å². The number of benzene rings is 2. The summed E-state index contributed by atoms with van der Waals surface area (Å²) in [5, 5.41) is 0. The predicted octanol–water partition coefficient (Wildman–Crippen LogP) is 5.53. The molecule has 1 heterocycles. The van der Waals surface area contributed by atoms with Crippen LogP contribution >= 0.6 is 0 Å². The summed E-state index contributed by atoms with van der Waals surface area (Å²) in [6.45, 7) is 4.33. The first-order valence-electron chi connectivity index (χ1n) is 9.26. The Bertz CT molecular complexity index is 868. The van der Waals surface area contributed by atoms with Crippen molar-refractivity contribution in [1.29, 1.82) is 0 Å². The summed E-state index contributed by atoms with van der Waals surface area (Å²) in [4.78, 5) is 20.6. The van der Waals surface area contributed by atoms with E-state index >= 15 is 0 Å². The van der Waals surface area contributed by atoms with Crippen LogP contribution in [0.1, 0.15) is 48.3 Å². The number of unbranched alkanes of at least 4 members (excludes halogenated alkanes) is 1. The first kappa shape index (κ1) is 18.0. The molecule has 0 aliphatic carbocycles. The van der Waals surface area contributed by atoms with E-state index in [9.17, 15) is 4.79 Å². The van der Waals surface area contributed by atoms with Gasteiger partial charge >= 0.3 is 0 Å². The van der Waals surface area contributed by atoms with E-state index in [1.54, 1.807) is 0 Å². The summed E-state index contributed by atoms with van der Waals surface area (Å²) >= 11 is 0. The van der Waals surface area contributed by atoms with E-state index in [4.69, 9.17) is 9.97 Å². The Hall–Kier alpha value is -2.81. The molecule has 0 unspecified atom stereocenters. The number of carbonyl (C=O) groups excluding carboxylic acids is 1. The molecule has 0 N–H and O–H groups in total.